The lowest BCUT2D eigenvalue weighted by Crippen LogP contribution is -2.29. The summed E-state index contributed by atoms with van der Waals surface area (Å²) >= 11 is 36.7. The van der Waals surface area contributed by atoms with Gasteiger partial charge in [0.2, 0.25) is 11.6 Å². The van der Waals surface area contributed by atoms with Crippen LogP contribution in [0.3, 0.4) is 0 Å². The Balaban J connectivity index is 0.000000680. The molecule has 12 nitrogen and oxygen atoms in total. The molecule has 0 amide bonds. The van der Waals surface area contributed by atoms with Gasteiger partial charge in [-0.05, 0) is 108 Å². The maximum atomic E-state index is 11.7. The number of oxime groups is 1. The molecule has 3 aromatic carbocycles. The Morgan fingerprint density at radius 1 is 0.818 bits per heavy atom. The molecule has 0 aliphatic carbocycles. The van der Waals surface area contributed by atoms with Crippen molar-refractivity contribution in [2.24, 2.45) is 5.16 Å². The lowest BCUT2D eigenvalue weighted by atomic mass is 10.2. The third-order valence-corrected chi connectivity index (χ3v) is 7.12. The molecule has 0 spiro atoms. The van der Waals surface area contributed by atoms with Crippen LogP contribution in [-0.4, -0.2) is 39.0 Å². The zero-order valence-electron chi connectivity index (χ0n) is 29.9. The van der Waals surface area contributed by atoms with E-state index in [-0.39, 0.29) is 11.5 Å². The highest BCUT2D eigenvalue weighted by molar-refractivity contribution is 8.24. The van der Waals surface area contributed by atoms with E-state index in [1.165, 1.54) is 13.8 Å². The number of halogens is 7. The number of alkyl halides is 1. The van der Waals surface area contributed by atoms with Gasteiger partial charge in [0, 0.05) is 53.9 Å². The summed E-state index contributed by atoms with van der Waals surface area (Å²) in [7, 11) is 0. The summed E-state index contributed by atoms with van der Waals surface area (Å²) in [6.07, 6.45) is 0.788. The standard InChI is InChI=1S/C11H9Cl2NO.C11H10ClNO2.C7H5ClO.C4H7NO2.C2H4O2.Cl3OP/c1-7-10(6-12)14-11(15-7)8-2-4-9(13)5-3-8;1-7-8(2)15-11(13(7)14)9-3-5-10(12)6-4-9;8-7-3-1-6(5-9)2-4-7;1-3(5-7)4(2)6;1-2(3)4;1-5(2,3)4/h2-5H,6H2,1H3;3-6H,1-2H3;1-5H;7H,1-2H3;1H3,(H,3,4);. The molecule has 0 aliphatic rings. The Kier molecular flexibility index (Phi) is 24.6. The average Bonchev–Trinajstić information content (AvgIpc) is 3.62. The third kappa shape index (κ3) is 22.5. The quantitative estimate of drug-likeness (QED) is 0.0251. The molecule has 0 bridgehead atoms. The van der Waals surface area contributed by atoms with Crippen molar-refractivity contribution < 1.29 is 42.8 Å². The van der Waals surface area contributed by atoms with Crippen LogP contribution in [-0.2, 0) is 20.0 Å². The van der Waals surface area contributed by atoms with Gasteiger partial charge in [-0.3, -0.25) is 18.9 Å². The number of benzene rings is 3. The fourth-order valence-electron chi connectivity index (χ4n) is 3.20. The molecule has 2 heterocycles. The van der Waals surface area contributed by atoms with Crippen LogP contribution in [0.5, 0.6) is 0 Å². The van der Waals surface area contributed by atoms with Gasteiger partial charge in [0.05, 0.1) is 17.1 Å². The lowest BCUT2D eigenvalue weighted by Gasteiger charge is -1.97. The summed E-state index contributed by atoms with van der Waals surface area (Å²) < 4.78 is 21.2. The van der Waals surface area contributed by atoms with Gasteiger partial charge in [-0.15, -0.1) is 16.3 Å². The first-order valence-electron chi connectivity index (χ1n) is 15.1. The highest BCUT2D eigenvalue weighted by atomic mass is 36.0. The number of aldehydes is 1. The van der Waals surface area contributed by atoms with Gasteiger partial charge < -0.3 is 24.4 Å². The smallest absolute Gasteiger partial charge is 0.392 e. The van der Waals surface area contributed by atoms with Crippen molar-refractivity contribution in [1.82, 2.24) is 4.98 Å². The van der Waals surface area contributed by atoms with Gasteiger partial charge in [-0.1, -0.05) is 52.1 Å². The molecular formula is C35H35Cl7N3O9P. The molecule has 2 aromatic heterocycles. The minimum atomic E-state index is -3.22. The van der Waals surface area contributed by atoms with Crippen LogP contribution in [0.15, 0.2) is 86.8 Å². The maximum Gasteiger partial charge on any atom is 0.392 e. The molecule has 0 atom stereocenters. The summed E-state index contributed by atoms with van der Waals surface area (Å²) in [6.45, 7) is 9.22. The molecule has 55 heavy (non-hydrogen) atoms. The van der Waals surface area contributed by atoms with Gasteiger partial charge >= 0.3 is 11.1 Å². The summed E-state index contributed by atoms with van der Waals surface area (Å²) in [5.74, 6) is 1.61. The first-order chi connectivity index (χ1) is 25.5. The Bertz CT molecular complexity index is 2020. The molecule has 0 saturated carbocycles. The molecule has 0 saturated heterocycles. The van der Waals surface area contributed by atoms with E-state index in [9.17, 15) is 19.4 Å². The predicted octanol–water partition coefficient (Wildman–Crippen LogP) is 12.4. The number of oxazole rings is 2. The number of carbonyl (C=O) groups is 3. The van der Waals surface area contributed by atoms with Crippen LogP contribution < -0.4 is 4.73 Å². The Hall–Kier alpha value is -3.58. The number of aliphatic carboxylic acids is 1. The monoisotopic (exact) mass is 917 g/mol. The van der Waals surface area contributed by atoms with Crippen molar-refractivity contribution in [3.8, 4) is 22.9 Å². The van der Waals surface area contributed by atoms with Crippen LogP contribution in [0, 0.1) is 26.0 Å². The van der Waals surface area contributed by atoms with E-state index in [1.807, 2.05) is 19.1 Å². The number of aryl methyl sites for hydroxylation is 2. The minimum absolute atomic E-state index is 0.139. The Labute approximate surface area is 351 Å². The number of carbonyl (C=O) groups excluding carboxylic acids is 2. The van der Waals surface area contributed by atoms with Crippen molar-refractivity contribution in [1.29, 1.82) is 0 Å². The molecule has 0 unspecified atom stereocenters. The van der Waals surface area contributed by atoms with Crippen LogP contribution in [0.4, 0.5) is 0 Å². The summed E-state index contributed by atoms with van der Waals surface area (Å²) in [6, 6.07) is 21.0. The second-order valence-electron chi connectivity index (χ2n) is 10.3. The first kappa shape index (κ1) is 51.4. The predicted molar refractivity (Wildman–Crippen MR) is 220 cm³/mol. The normalized spacial score (nSPS) is 10.2. The lowest BCUT2D eigenvalue weighted by molar-refractivity contribution is -0.602. The topological polar surface area (TPSA) is 187 Å². The zero-order valence-corrected chi connectivity index (χ0v) is 36.1. The van der Waals surface area contributed by atoms with Gasteiger partial charge in [0.1, 0.15) is 17.8 Å². The summed E-state index contributed by atoms with van der Waals surface area (Å²) in [5, 5.41) is 28.4. The van der Waals surface area contributed by atoms with E-state index in [2.05, 4.69) is 43.9 Å². The summed E-state index contributed by atoms with van der Waals surface area (Å²) in [5.41, 5.74) is 3.78. The second-order valence-corrected chi connectivity index (χ2v) is 18.6. The van der Waals surface area contributed by atoms with Crippen molar-refractivity contribution in [2.75, 3.05) is 0 Å². The van der Waals surface area contributed by atoms with E-state index >= 15 is 0 Å². The molecule has 5 aromatic rings. The van der Waals surface area contributed by atoms with Crippen LogP contribution in [0.1, 0.15) is 54.0 Å². The SMILES string of the molecule is CC(=O)C(C)=NO.CC(=O)O.Cc1oc(-c2ccc(Cl)cc2)[n+]([O-])c1C.Cc1oc(-c2ccc(Cl)cc2)nc1CCl.O=Cc1ccc(Cl)cc1.O=P(Cl)(Cl)Cl. The average molecular weight is 921 g/mol. The molecule has 298 valence electrons. The molecule has 0 fully saturated rings. The highest BCUT2D eigenvalue weighted by Gasteiger charge is 2.20. The van der Waals surface area contributed by atoms with Gasteiger partial charge in [0.25, 0.3) is 5.97 Å². The molecule has 0 radical (unpaired) electrons. The molecular weight excluding hydrogens is 886 g/mol. The number of hydrogen-bond donors (Lipinski definition) is 2. The number of nitrogens with zero attached hydrogens (tertiary/aromatic N) is 3. The first-order valence-corrected chi connectivity index (χ1v) is 21.2. The molecule has 5 rings (SSSR count). The minimum Gasteiger partial charge on any atom is -0.616 e. The van der Waals surface area contributed by atoms with Crippen LogP contribution in [0.2, 0.25) is 15.1 Å². The van der Waals surface area contributed by atoms with E-state index in [0.29, 0.717) is 49.7 Å². The third-order valence-electron chi connectivity index (χ3n) is 6.12. The van der Waals surface area contributed by atoms with E-state index in [0.717, 1.165) is 40.5 Å². The van der Waals surface area contributed by atoms with Crippen molar-refractivity contribution in [3.05, 3.63) is 122 Å². The zero-order chi connectivity index (χ0) is 42.5. The number of ketones is 1. The van der Waals surface area contributed by atoms with Crippen molar-refractivity contribution in [3.63, 3.8) is 0 Å². The molecule has 0 aliphatic heterocycles. The number of carboxylic acid groups (broad SMARTS) is 1. The van der Waals surface area contributed by atoms with Gasteiger partial charge in [-0.2, -0.15) is 0 Å². The van der Waals surface area contributed by atoms with Crippen molar-refractivity contribution >= 4 is 109 Å². The highest BCUT2D eigenvalue weighted by Crippen LogP contribution is 2.61. The number of carboxylic acids is 1. The van der Waals surface area contributed by atoms with Crippen molar-refractivity contribution in [2.45, 2.75) is 47.4 Å². The second kappa shape index (κ2) is 26.3. The summed E-state index contributed by atoms with van der Waals surface area (Å²) in [4.78, 5) is 33.4. The largest absolute Gasteiger partial charge is 0.616 e. The van der Waals surface area contributed by atoms with Gasteiger partial charge in [-0.25, -0.2) is 4.98 Å². The van der Waals surface area contributed by atoms with Crippen LogP contribution >= 0.6 is 85.3 Å². The van der Waals surface area contributed by atoms with E-state index in [1.54, 1.807) is 74.5 Å². The number of rotatable bonds is 5. The maximum absolute atomic E-state index is 11.7. The van der Waals surface area contributed by atoms with E-state index in [4.69, 9.17) is 70.3 Å². The Morgan fingerprint density at radius 3 is 1.51 bits per heavy atom. The molecule has 2 N–H and O–H groups in total. The van der Waals surface area contributed by atoms with Crippen LogP contribution in [0.25, 0.3) is 22.9 Å². The fourth-order valence-corrected chi connectivity index (χ4v) is 3.83. The Morgan fingerprint density at radius 2 is 1.22 bits per heavy atom. The van der Waals surface area contributed by atoms with Gasteiger partial charge in [0.15, 0.2) is 11.5 Å². The molecule has 20 heteroatoms. The van der Waals surface area contributed by atoms with E-state index < -0.39 is 11.2 Å². The number of hydrogen-bond acceptors (Lipinski definition) is 10. The number of aromatic nitrogens is 2. The number of Topliss-reactive ketones (excluding diaryl/α,β-unsaturated/α-hetero) is 1. The fraction of sp³-hybridized carbons (Fsp3) is 0.200.